The normalized spacial score (nSPS) is 20.7. The lowest BCUT2D eigenvalue weighted by molar-refractivity contribution is 0.262. The van der Waals surface area contributed by atoms with E-state index in [0.717, 1.165) is 18.0 Å². The number of halogens is 1. The van der Waals surface area contributed by atoms with Gasteiger partial charge in [0.15, 0.2) is 0 Å². The van der Waals surface area contributed by atoms with E-state index in [0.29, 0.717) is 22.9 Å². The molecule has 0 aliphatic carbocycles. The number of rotatable bonds is 3. The van der Waals surface area contributed by atoms with Gasteiger partial charge in [0.2, 0.25) is 10.3 Å². The van der Waals surface area contributed by atoms with Gasteiger partial charge in [-0.15, -0.1) is 10.2 Å². The van der Waals surface area contributed by atoms with Crippen molar-refractivity contribution in [1.82, 2.24) is 10.2 Å². The number of nitrogens with one attached hydrogen (secondary N) is 2. The zero-order chi connectivity index (χ0) is 17.1. The summed E-state index contributed by atoms with van der Waals surface area (Å²) in [7, 11) is 0. The van der Waals surface area contributed by atoms with E-state index in [-0.39, 0.29) is 5.82 Å². The summed E-state index contributed by atoms with van der Waals surface area (Å²) in [6, 6.07) is 5.99. The van der Waals surface area contributed by atoms with Crippen LogP contribution in [0.3, 0.4) is 0 Å². The third kappa shape index (κ3) is 3.81. The molecular formula is C16H20FN5OS. The standard InChI is InChI=1S/C16H20FN5OS/c1-10-4-3-5-11(2)22(10)16-21-20-15(24-16)19-14(23)18-13-8-6-12(17)7-9-13/h6-11H,3-5H2,1-2H3,(H2,18,19,20,23)/t10-,11-/m0/s1. The van der Waals surface area contributed by atoms with E-state index in [1.165, 1.54) is 42.0 Å². The van der Waals surface area contributed by atoms with Gasteiger partial charge in [0, 0.05) is 17.8 Å². The predicted octanol–water partition coefficient (Wildman–Crippen LogP) is 4.09. The lowest BCUT2D eigenvalue weighted by atomic mass is 9.98. The molecule has 128 valence electrons. The smallest absolute Gasteiger partial charge is 0.325 e. The van der Waals surface area contributed by atoms with E-state index in [2.05, 4.69) is 39.6 Å². The highest BCUT2D eigenvalue weighted by atomic mass is 32.1. The van der Waals surface area contributed by atoms with E-state index in [1.807, 2.05) is 0 Å². The highest BCUT2D eigenvalue weighted by Crippen LogP contribution is 2.32. The van der Waals surface area contributed by atoms with Crippen LogP contribution in [0.4, 0.5) is 25.1 Å². The van der Waals surface area contributed by atoms with Gasteiger partial charge in [-0.25, -0.2) is 9.18 Å². The van der Waals surface area contributed by atoms with Crippen LogP contribution in [0, 0.1) is 5.82 Å². The van der Waals surface area contributed by atoms with Crippen LogP contribution in [-0.4, -0.2) is 28.3 Å². The van der Waals surface area contributed by atoms with Crippen LogP contribution in [-0.2, 0) is 0 Å². The Labute approximate surface area is 144 Å². The third-order valence-electron chi connectivity index (χ3n) is 4.15. The van der Waals surface area contributed by atoms with Crippen molar-refractivity contribution in [3.63, 3.8) is 0 Å². The molecule has 0 unspecified atom stereocenters. The fourth-order valence-corrected chi connectivity index (χ4v) is 3.91. The number of nitrogens with zero attached hydrogens (tertiary/aromatic N) is 3. The van der Waals surface area contributed by atoms with Crippen LogP contribution >= 0.6 is 11.3 Å². The molecule has 2 heterocycles. The summed E-state index contributed by atoms with van der Waals surface area (Å²) in [6.45, 7) is 4.37. The number of carbonyl (C=O) groups is 1. The van der Waals surface area contributed by atoms with Crippen LogP contribution in [0.2, 0.25) is 0 Å². The van der Waals surface area contributed by atoms with Crippen LogP contribution in [0.25, 0.3) is 0 Å². The Morgan fingerprint density at radius 3 is 2.50 bits per heavy atom. The second kappa shape index (κ2) is 7.12. The Kier molecular flexibility index (Phi) is 4.94. The maximum absolute atomic E-state index is 12.9. The van der Waals surface area contributed by atoms with Crippen molar-refractivity contribution in [2.45, 2.75) is 45.2 Å². The third-order valence-corrected chi connectivity index (χ3v) is 5.00. The molecule has 8 heteroatoms. The molecule has 2 N–H and O–H groups in total. The molecule has 1 aliphatic heterocycles. The summed E-state index contributed by atoms with van der Waals surface area (Å²) >= 11 is 1.36. The minimum atomic E-state index is -0.427. The fraction of sp³-hybridized carbons (Fsp3) is 0.438. The molecule has 0 saturated carbocycles. The highest BCUT2D eigenvalue weighted by Gasteiger charge is 2.27. The van der Waals surface area contributed by atoms with Crippen molar-refractivity contribution in [1.29, 1.82) is 0 Å². The van der Waals surface area contributed by atoms with Gasteiger partial charge in [-0.1, -0.05) is 11.3 Å². The average molecular weight is 349 g/mol. The first kappa shape index (κ1) is 16.6. The first-order chi connectivity index (χ1) is 11.5. The number of piperidine rings is 1. The number of aromatic nitrogens is 2. The summed E-state index contributed by atoms with van der Waals surface area (Å²) in [5, 5.41) is 14.8. The maximum Gasteiger partial charge on any atom is 0.325 e. The van der Waals surface area contributed by atoms with Gasteiger partial charge in [0.1, 0.15) is 5.82 Å². The van der Waals surface area contributed by atoms with E-state index >= 15 is 0 Å². The van der Waals surface area contributed by atoms with Crippen LogP contribution in [0.15, 0.2) is 24.3 Å². The first-order valence-corrected chi connectivity index (χ1v) is 8.80. The topological polar surface area (TPSA) is 70.2 Å². The molecule has 6 nitrogen and oxygen atoms in total. The summed E-state index contributed by atoms with van der Waals surface area (Å²) in [5.41, 5.74) is 0.511. The van der Waals surface area contributed by atoms with Crippen molar-refractivity contribution in [2.24, 2.45) is 0 Å². The van der Waals surface area contributed by atoms with Gasteiger partial charge in [0.25, 0.3) is 0 Å². The lowest BCUT2D eigenvalue weighted by Gasteiger charge is -2.38. The molecule has 2 aromatic rings. The van der Waals surface area contributed by atoms with Crippen molar-refractivity contribution >= 4 is 33.3 Å². The first-order valence-electron chi connectivity index (χ1n) is 7.98. The molecule has 2 amide bonds. The Bertz CT molecular complexity index is 695. The summed E-state index contributed by atoms with van der Waals surface area (Å²) in [4.78, 5) is 14.3. The number of urea groups is 1. The van der Waals surface area contributed by atoms with Crippen molar-refractivity contribution < 1.29 is 9.18 Å². The molecule has 1 saturated heterocycles. The zero-order valence-electron chi connectivity index (χ0n) is 13.6. The number of carbonyl (C=O) groups excluding carboxylic acids is 1. The lowest BCUT2D eigenvalue weighted by Crippen LogP contribution is -2.43. The SMILES string of the molecule is C[C@H]1CCC[C@H](C)N1c1nnc(NC(=O)Nc2ccc(F)cc2)s1. The predicted molar refractivity (Wildman–Crippen MR) is 94.2 cm³/mol. The monoisotopic (exact) mass is 349 g/mol. The van der Waals surface area contributed by atoms with Crippen molar-refractivity contribution in [3.8, 4) is 0 Å². The molecule has 1 aliphatic rings. The number of hydrogen-bond acceptors (Lipinski definition) is 5. The Hall–Kier alpha value is -2.22. The van der Waals surface area contributed by atoms with Gasteiger partial charge >= 0.3 is 6.03 Å². The molecule has 24 heavy (non-hydrogen) atoms. The minimum absolute atomic E-state index is 0.348. The van der Waals surface area contributed by atoms with E-state index in [9.17, 15) is 9.18 Å². The molecule has 1 aromatic carbocycles. The fourth-order valence-electron chi connectivity index (χ4n) is 2.96. The Morgan fingerprint density at radius 2 is 1.83 bits per heavy atom. The summed E-state index contributed by atoms with van der Waals surface area (Å²) in [6.07, 6.45) is 3.50. The van der Waals surface area contributed by atoms with Crippen molar-refractivity contribution in [2.75, 3.05) is 15.5 Å². The molecular weight excluding hydrogens is 329 g/mol. The second-order valence-corrected chi connectivity index (χ2v) is 6.97. The number of amides is 2. The second-order valence-electron chi connectivity index (χ2n) is 6.01. The van der Waals surface area contributed by atoms with Gasteiger partial charge in [-0.05, 0) is 57.4 Å². The largest absolute Gasteiger partial charge is 0.341 e. The van der Waals surface area contributed by atoms with Gasteiger partial charge in [-0.2, -0.15) is 0 Å². The van der Waals surface area contributed by atoms with E-state index < -0.39 is 6.03 Å². The van der Waals surface area contributed by atoms with E-state index in [4.69, 9.17) is 0 Å². The molecule has 1 fully saturated rings. The quantitative estimate of drug-likeness (QED) is 0.876. The molecule has 0 bridgehead atoms. The highest BCUT2D eigenvalue weighted by molar-refractivity contribution is 7.19. The number of benzene rings is 1. The van der Waals surface area contributed by atoms with Gasteiger partial charge < -0.3 is 10.2 Å². The maximum atomic E-state index is 12.9. The summed E-state index contributed by atoms with van der Waals surface area (Å²) < 4.78 is 12.9. The molecule has 1 aromatic heterocycles. The van der Waals surface area contributed by atoms with Gasteiger partial charge in [0.05, 0.1) is 0 Å². The Balaban J connectivity index is 1.63. The van der Waals surface area contributed by atoms with Crippen LogP contribution in [0.1, 0.15) is 33.1 Å². The van der Waals surface area contributed by atoms with Crippen LogP contribution < -0.4 is 15.5 Å². The Morgan fingerprint density at radius 1 is 1.17 bits per heavy atom. The van der Waals surface area contributed by atoms with Crippen molar-refractivity contribution in [3.05, 3.63) is 30.1 Å². The average Bonchev–Trinajstić information content (AvgIpc) is 2.97. The molecule has 2 atom stereocenters. The van der Waals surface area contributed by atoms with Gasteiger partial charge in [-0.3, -0.25) is 5.32 Å². The number of anilines is 3. The molecule has 0 radical (unpaired) electrons. The van der Waals surface area contributed by atoms with Crippen LogP contribution in [0.5, 0.6) is 0 Å². The van der Waals surface area contributed by atoms with E-state index in [1.54, 1.807) is 0 Å². The number of hydrogen-bond donors (Lipinski definition) is 2. The molecule has 3 rings (SSSR count). The zero-order valence-corrected chi connectivity index (χ0v) is 14.4. The summed E-state index contributed by atoms with van der Waals surface area (Å²) in [5.74, 6) is -0.348. The minimum Gasteiger partial charge on any atom is -0.341 e. The molecule has 0 spiro atoms.